The first-order valence-corrected chi connectivity index (χ1v) is 7.14. The van der Waals surface area contributed by atoms with Gasteiger partial charge in [0.05, 0.1) is 0 Å². The molecule has 19 heavy (non-hydrogen) atoms. The summed E-state index contributed by atoms with van der Waals surface area (Å²) in [6.45, 7) is 9.07. The Bertz CT molecular complexity index is 427. The molecule has 3 heteroatoms. The third-order valence-corrected chi connectivity index (χ3v) is 3.38. The molecule has 106 valence electrons. The molecule has 2 N–H and O–H groups in total. The predicted octanol–water partition coefficient (Wildman–Crippen LogP) is 3.62. The van der Waals surface area contributed by atoms with Gasteiger partial charge in [0, 0.05) is 23.8 Å². The standard InChI is InChI=1S/C16H26N2O/c1-5-6-7-10-18(12(2)3)16(19)15-11-14(17)9-8-13(15)4/h8-9,11-12H,5-7,10,17H2,1-4H3. The highest BCUT2D eigenvalue weighted by Gasteiger charge is 2.19. The van der Waals surface area contributed by atoms with E-state index in [1.54, 1.807) is 6.07 Å². The molecule has 0 aliphatic rings. The number of nitrogens with zero attached hydrogens (tertiary/aromatic N) is 1. The smallest absolute Gasteiger partial charge is 0.254 e. The Morgan fingerprint density at radius 3 is 2.58 bits per heavy atom. The van der Waals surface area contributed by atoms with E-state index in [-0.39, 0.29) is 11.9 Å². The Morgan fingerprint density at radius 1 is 1.32 bits per heavy atom. The summed E-state index contributed by atoms with van der Waals surface area (Å²) in [5.74, 6) is 0.0934. The van der Waals surface area contributed by atoms with Crippen LogP contribution in [-0.4, -0.2) is 23.4 Å². The second-order valence-electron chi connectivity index (χ2n) is 5.37. The van der Waals surface area contributed by atoms with Gasteiger partial charge in [0.15, 0.2) is 0 Å². The van der Waals surface area contributed by atoms with Crippen molar-refractivity contribution in [3.63, 3.8) is 0 Å². The molecule has 0 heterocycles. The number of hydrogen-bond donors (Lipinski definition) is 1. The zero-order valence-electron chi connectivity index (χ0n) is 12.6. The number of nitrogen functional groups attached to an aromatic ring is 1. The van der Waals surface area contributed by atoms with Crippen LogP contribution in [0.4, 0.5) is 5.69 Å². The van der Waals surface area contributed by atoms with Crippen LogP contribution in [0.5, 0.6) is 0 Å². The van der Waals surface area contributed by atoms with Crippen molar-refractivity contribution >= 4 is 11.6 Å². The molecule has 0 saturated heterocycles. The van der Waals surface area contributed by atoms with Gasteiger partial charge in [-0.15, -0.1) is 0 Å². The molecule has 0 fully saturated rings. The van der Waals surface area contributed by atoms with E-state index in [1.807, 2.05) is 24.0 Å². The van der Waals surface area contributed by atoms with Crippen LogP contribution in [-0.2, 0) is 0 Å². The average molecular weight is 262 g/mol. The van der Waals surface area contributed by atoms with Crippen LogP contribution in [0.15, 0.2) is 18.2 Å². The van der Waals surface area contributed by atoms with E-state index >= 15 is 0 Å². The number of anilines is 1. The minimum atomic E-state index is 0.0934. The molecule has 0 saturated carbocycles. The summed E-state index contributed by atoms with van der Waals surface area (Å²) >= 11 is 0. The van der Waals surface area contributed by atoms with Gasteiger partial charge in [0.2, 0.25) is 0 Å². The van der Waals surface area contributed by atoms with Crippen LogP contribution < -0.4 is 5.73 Å². The zero-order chi connectivity index (χ0) is 14.4. The molecule has 1 rings (SSSR count). The lowest BCUT2D eigenvalue weighted by molar-refractivity contribution is 0.0701. The Kier molecular flexibility index (Phi) is 5.87. The number of rotatable bonds is 6. The number of carbonyl (C=O) groups excluding carboxylic acids is 1. The van der Waals surface area contributed by atoms with Crippen LogP contribution in [0.2, 0.25) is 0 Å². The van der Waals surface area contributed by atoms with Gasteiger partial charge >= 0.3 is 0 Å². The molecule has 0 unspecified atom stereocenters. The van der Waals surface area contributed by atoms with Crippen LogP contribution in [0, 0.1) is 6.92 Å². The van der Waals surface area contributed by atoms with Crippen LogP contribution >= 0.6 is 0 Å². The highest BCUT2D eigenvalue weighted by molar-refractivity contribution is 5.96. The van der Waals surface area contributed by atoms with Crippen molar-refractivity contribution in [1.29, 1.82) is 0 Å². The third-order valence-electron chi connectivity index (χ3n) is 3.38. The lowest BCUT2D eigenvalue weighted by Crippen LogP contribution is -2.38. The summed E-state index contributed by atoms with van der Waals surface area (Å²) in [5, 5.41) is 0. The van der Waals surface area contributed by atoms with Crippen molar-refractivity contribution in [2.45, 2.75) is 53.0 Å². The zero-order valence-corrected chi connectivity index (χ0v) is 12.6. The predicted molar refractivity (Wildman–Crippen MR) is 81.3 cm³/mol. The number of nitrogens with two attached hydrogens (primary N) is 1. The van der Waals surface area contributed by atoms with Crippen LogP contribution in [0.25, 0.3) is 0 Å². The van der Waals surface area contributed by atoms with E-state index in [0.717, 1.165) is 36.9 Å². The van der Waals surface area contributed by atoms with Gasteiger partial charge in [-0.3, -0.25) is 4.79 Å². The molecule has 0 aliphatic carbocycles. The largest absolute Gasteiger partial charge is 0.399 e. The number of benzene rings is 1. The molecular formula is C16H26N2O. The second kappa shape index (κ2) is 7.17. The van der Waals surface area contributed by atoms with Crippen molar-refractivity contribution in [3.05, 3.63) is 29.3 Å². The summed E-state index contributed by atoms with van der Waals surface area (Å²) in [6.07, 6.45) is 3.38. The van der Waals surface area contributed by atoms with E-state index in [4.69, 9.17) is 5.73 Å². The van der Waals surface area contributed by atoms with E-state index in [9.17, 15) is 4.79 Å². The minimum Gasteiger partial charge on any atom is -0.399 e. The number of hydrogen-bond acceptors (Lipinski definition) is 2. The van der Waals surface area contributed by atoms with Gasteiger partial charge < -0.3 is 10.6 Å². The molecule has 1 amide bonds. The Hall–Kier alpha value is -1.51. The normalized spacial score (nSPS) is 10.8. The molecule has 3 nitrogen and oxygen atoms in total. The van der Waals surface area contributed by atoms with Crippen molar-refractivity contribution in [2.24, 2.45) is 0 Å². The first kappa shape index (κ1) is 15.5. The van der Waals surface area contributed by atoms with E-state index in [1.165, 1.54) is 0 Å². The maximum absolute atomic E-state index is 12.6. The van der Waals surface area contributed by atoms with Gasteiger partial charge in [0.1, 0.15) is 0 Å². The monoisotopic (exact) mass is 262 g/mol. The quantitative estimate of drug-likeness (QED) is 0.628. The number of carbonyl (C=O) groups is 1. The summed E-state index contributed by atoms with van der Waals surface area (Å²) in [7, 11) is 0. The summed E-state index contributed by atoms with van der Waals surface area (Å²) < 4.78 is 0. The van der Waals surface area contributed by atoms with Crippen molar-refractivity contribution < 1.29 is 4.79 Å². The van der Waals surface area contributed by atoms with Gasteiger partial charge in [-0.25, -0.2) is 0 Å². The fraction of sp³-hybridized carbons (Fsp3) is 0.562. The molecule has 1 aromatic rings. The molecule has 0 bridgehead atoms. The summed E-state index contributed by atoms with van der Waals surface area (Å²) in [6, 6.07) is 5.74. The van der Waals surface area contributed by atoms with Crippen LogP contribution in [0.1, 0.15) is 56.0 Å². The molecule has 0 spiro atoms. The number of unbranched alkanes of at least 4 members (excludes halogenated alkanes) is 2. The van der Waals surface area contributed by atoms with Crippen LogP contribution in [0.3, 0.4) is 0 Å². The minimum absolute atomic E-state index is 0.0934. The van der Waals surface area contributed by atoms with Gasteiger partial charge in [0.25, 0.3) is 5.91 Å². The molecule has 0 radical (unpaired) electrons. The fourth-order valence-corrected chi connectivity index (χ4v) is 2.15. The third kappa shape index (κ3) is 4.27. The van der Waals surface area contributed by atoms with E-state index in [2.05, 4.69) is 20.8 Å². The van der Waals surface area contributed by atoms with Gasteiger partial charge in [-0.05, 0) is 44.9 Å². The highest BCUT2D eigenvalue weighted by atomic mass is 16.2. The lowest BCUT2D eigenvalue weighted by atomic mass is 10.1. The van der Waals surface area contributed by atoms with E-state index < -0.39 is 0 Å². The molecular weight excluding hydrogens is 236 g/mol. The maximum atomic E-state index is 12.6. The molecule has 1 aromatic carbocycles. The highest BCUT2D eigenvalue weighted by Crippen LogP contribution is 2.17. The summed E-state index contributed by atoms with van der Waals surface area (Å²) in [5.41, 5.74) is 8.15. The van der Waals surface area contributed by atoms with Crippen molar-refractivity contribution in [1.82, 2.24) is 4.90 Å². The van der Waals surface area contributed by atoms with Gasteiger partial charge in [-0.1, -0.05) is 25.8 Å². The van der Waals surface area contributed by atoms with Crippen molar-refractivity contribution in [3.8, 4) is 0 Å². The average Bonchev–Trinajstić information content (AvgIpc) is 2.36. The second-order valence-corrected chi connectivity index (χ2v) is 5.37. The molecule has 0 aliphatic heterocycles. The Labute approximate surface area is 116 Å². The number of amides is 1. The molecule has 0 atom stereocenters. The first-order valence-electron chi connectivity index (χ1n) is 7.14. The van der Waals surface area contributed by atoms with E-state index in [0.29, 0.717) is 5.69 Å². The summed E-state index contributed by atoms with van der Waals surface area (Å²) in [4.78, 5) is 14.6. The lowest BCUT2D eigenvalue weighted by Gasteiger charge is -2.27. The first-order chi connectivity index (χ1) is 8.97. The van der Waals surface area contributed by atoms with Gasteiger partial charge in [-0.2, -0.15) is 0 Å². The van der Waals surface area contributed by atoms with Crippen molar-refractivity contribution in [2.75, 3.05) is 12.3 Å². The molecule has 0 aromatic heterocycles. The number of aryl methyl sites for hydroxylation is 1. The maximum Gasteiger partial charge on any atom is 0.254 e. The fourth-order valence-electron chi connectivity index (χ4n) is 2.15. The Balaban J connectivity index is 2.89. The SMILES string of the molecule is CCCCCN(C(=O)c1cc(N)ccc1C)C(C)C. The topological polar surface area (TPSA) is 46.3 Å². The Morgan fingerprint density at radius 2 is 2.00 bits per heavy atom.